The second kappa shape index (κ2) is 15.7. The van der Waals surface area contributed by atoms with E-state index in [1.165, 1.54) is 0 Å². The van der Waals surface area contributed by atoms with Gasteiger partial charge >= 0.3 is 5.97 Å². The largest absolute Gasteiger partial charge is 0.489 e. The summed E-state index contributed by atoms with van der Waals surface area (Å²) in [5.41, 5.74) is 6.78. The summed E-state index contributed by atoms with van der Waals surface area (Å²) in [6.07, 6.45) is 3.93. The first kappa shape index (κ1) is 32.2. The number of halogens is 1. The van der Waals surface area contributed by atoms with Gasteiger partial charge in [0, 0.05) is 16.3 Å². The van der Waals surface area contributed by atoms with Crippen molar-refractivity contribution in [3.8, 4) is 11.5 Å². The molecule has 1 amide bonds. The molecular weight excluding hydrogens is 600 g/mol. The van der Waals surface area contributed by atoms with Gasteiger partial charge in [-0.3, -0.25) is 4.79 Å². The van der Waals surface area contributed by atoms with Gasteiger partial charge in [0.2, 0.25) is 0 Å². The molecule has 0 unspecified atom stereocenters. The second-order valence-corrected chi connectivity index (χ2v) is 10.5. The average Bonchev–Trinajstić information content (AvgIpc) is 3.00. The maximum Gasteiger partial charge on any atom is 0.338 e. The number of hydrogen-bond donors (Lipinski definition) is 3. The lowest BCUT2D eigenvalue weighted by molar-refractivity contribution is -0.139. The smallest absolute Gasteiger partial charge is 0.338 e. The molecule has 1 aliphatic heterocycles. The van der Waals surface area contributed by atoms with Crippen LogP contribution in [0.1, 0.15) is 42.1 Å². The van der Waals surface area contributed by atoms with Gasteiger partial charge in [0.1, 0.15) is 18.1 Å². The highest BCUT2D eigenvalue weighted by Gasteiger charge is 2.32. The number of carbonyl (C=O) groups excluding carboxylic acids is 2. The number of esters is 1. The van der Waals surface area contributed by atoms with Gasteiger partial charge in [0.05, 0.1) is 24.4 Å². The number of carbonyl (C=O) groups is 2. The van der Waals surface area contributed by atoms with E-state index in [2.05, 4.69) is 27.7 Å². The van der Waals surface area contributed by atoms with E-state index in [4.69, 9.17) is 38.0 Å². The highest BCUT2D eigenvalue weighted by molar-refractivity contribution is 7.80. The summed E-state index contributed by atoms with van der Waals surface area (Å²) < 4.78 is 17.1. The number of amides is 1. The third-order valence-electron chi connectivity index (χ3n) is 6.51. The van der Waals surface area contributed by atoms with E-state index in [0.29, 0.717) is 45.7 Å². The van der Waals surface area contributed by atoms with Crippen LogP contribution in [-0.4, -0.2) is 36.4 Å². The highest BCUT2D eigenvalue weighted by atomic mass is 35.5. The van der Waals surface area contributed by atoms with Gasteiger partial charge < -0.3 is 24.8 Å². The number of benzene rings is 3. The first-order chi connectivity index (χ1) is 21.3. The molecule has 0 saturated heterocycles. The Bertz CT molecular complexity index is 1590. The van der Waals surface area contributed by atoms with E-state index < -0.39 is 17.9 Å². The van der Waals surface area contributed by atoms with Crippen molar-refractivity contribution in [2.24, 2.45) is 5.10 Å². The molecule has 0 radical (unpaired) electrons. The number of hydrazone groups is 1. The Morgan fingerprint density at radius 3 is 2.61 bits per heavy atom. The zero-order chi connectivity index (χ0) is 31.5. The van der Waals surface area contributed by atoms with E-state index >= 15 is 0 Å². The molecule has 1 aliphatic rings. The van der Waals surface area contributed by atoms with Gasteiger partial charge in [-0.2, -0.15) is 5.10 Å². The van der Waals surface area contributed by atoms with Gasteiger partial charge in [0.15, 0.2) is 11.7 Å². The normalized spacial score (nSPS) is 14.4. The van der Waals surface area contributed by atoms with Gasteiger partial charge in [-0.15, -0.1) is 6.58 Å². The number of ether oxygens (including phenoxy) is 3. The third kappa shape index (κ3) is 8.68. The van der Waals surface area contributed by atoms with Crippen LogP contribution in [0.25, 0.3) is 0 Å². The quantitative estimate of drug-likeness (QED) is 0.0742. The summed E-state index contributed by atoms with van der Waals surface area (Å²) in [6.45, 7) is 7.65. The number of nitrogens with zero attached hydrogens (tertiary/aromatic N) is 1. The number of allylic oxidation sites excluding steroid dienone is 2. The van der Waals surface area contributed by atoms with Crippen LogP contribution in [0.3, 0.4) is 0 Å². The lowest BCUT2D eigenvalue weighted by atomic mass is 9.95. The lowest BCUT2D eigenvalue weighted by Crippen LogP contribution is -2.45. The zero-order valence-corrected chi connectivity index (χ0v) is 26.0. The molecule has 11 heteroatoms. The first-order valence-electron chi connectivity index (χ1n) is 13.9. The Kier molecular flexibility index (Phi) is 11.5. The Morgan fingerprint density at radius 2 is 1.86 bits per heavy atom. The third-order valence-corrected chi connectivity index (χ3v) is 6.98. The van der Waals surface area contributed by atoms with Crippen LogP contribution in [-0.2, 0) is 27.4 Å². The minimum absolute atomic E-state index is 0.226. The minimum atomic E-state index is -0.622. The molecule has 0 spiro atoms. The Hall–Kier alpha value is -4.67. The van der Waals surface area contributed by atoms with Crippen molar-refractivity contribution in [3.63, 3.8) is 0 Å². The number of rotatable bonds is 13. The molecule has 44 heavy (non-hydrogen) atoms. The summed E-state index contributed by atoms with van der Waals surface area (Å²) in [4.78, 5) is 25.3. The topological polar surface area (TPSA) is 110 Å². The van der Waals surface area contributed by atoms with Crippen LogP contribution < -0.4 is 25.5 Å². The zero-order valence-electron chi connectivity index (χ0n) is 24.4. The fourth-order valence-corrected chi connectivity index (χ4v) is 4.89. The molecule has 4 rings (SSSR count). The first-order valence-corrected chi connectivity index (χ1v) is 14.7. The molecule has 0 aliphatic carbocycles. The molecular formula is C33H33ClN4O5S. The molecule has 228 valence electrons. The van der Waals surface area contributed by atoms with Crippen LogP contribution in [0.5, 0.6) is 11.5 Å². The van der Waals surface area contributed by atoms with Crippen molar-refractivity contribution in [2.75, 3.05) is 13.2 Å². The number of thiocarbonyl (C=S) groups is 1. The van der Waals surface area contributed by atoms with E-state index in [-0.39, 0.29) is 13.2 Å². The van der Waals surface area contributed by atoms with Crippen LogP contribution in [0.15, 0.2) is 95.8 Å². The summed E-state index contributed by atoms with van der Waals surface area (Å²) in [5.74, 6) is 0.202. The van der Waals surface area contributed by atoms with Crippen molar-refractivity contribution >= 4 is 47.0 Å². The fourth-order valence-electron chi connectivity index (χ4n) is 4.49. The average molecular weight is 633 g/mol. The van der Waals surface area contributed by atoms with Gasteiger partial charge in [-0.25, -0.2) is 10.2 Å². The molecule has 9 nitrogen and oxygen atoms in total. The summed E-state index contributed by atoms with van der Waals surface area (Å²) >= 11 is 11.3. The maximum atomic E-state index is 12.7. The van der Waals surface area contributed by atoms with E-state index in [1.54, 1.807) is 44.3 Å². The van der Waals surface area contributed by atoms with Crippen molar-refractivity contribution in [1.82, 2.24) is 16.1 Å². The van der Waals surface area contributed by atoms with Crippen molar-refractivity contribution in [3.05, 3.63) is 118 Å². The van der Waals surface area contributed by atoms with Crippen LogP contribution in [0, 0.1) is 0 Å². The molecule has 1 heterocycles. The van der Waals surface area contributed by atoms with E-state index in [1.807, 2.05) is 48.5 Å². The van der Waals surface area contributed by atoms with Crippen molar-refractivity contribution in [1.29, 1.82) is 0 Å². The van der Waals surface area contributed by atoms with E-state index in [9.17, 15) is 9.59 Å². The number of para-hydroxylation sites is 1. The maximum absolute atomic E-state index is 12.7. The van der Waals surface area contributed by atoms with Crippen LogP contribution in [0.4, 0.5) is 0 Å². The minimum Gasteiger partial charge on any atom is -0.489 e. The summed E-state index contributed by atoms with van der Waals surface area (Å²) in [7, 11) is 0. The molecule has 0 aromatic heterocycles. The fraction of sp³-hybridized carbons (Fsp3) is 0.212. The monoisotopic (exact) mass is 632 g/mol. The van der Waals surface area contributed by atoms with Crippen LogP contribution >= 0.6 is 23.8 Å². The number of nitrogens with one attached hydrogen (secondary N) is 3. The molecule has 3 N–H and O–H groups in total. The lowest BCUT2D eigenvalue weighted by Gasteiger charge is -2.30. The van der Waals surface area contributed by atoms with Gasteiger partial charge in [-0.05, 0) is 85.6 Å². The Labute approximate surface area is 266 Å². The number of hydrogen-bond acceptors (Lipinski definition) is 7. The van der Waals surface area contributed by atoms with Gasteiger partial charge in [-0.1, -0.05) is 48.0 Å². The Morgan fingerprint density at radius 1 is 1.09 bits per heavy atom. The summed E-state index contributed by atoms with van der Waals surface area (Å²) in [5, 5.41) is 11.2. The second-order valence-electron chi connectivity index (χ2n) is 9.69. The van der Waals surface area contributed by atoms with Gasteiger partial charge in [0.25, 0.3) is 5.91 Å². The molecule has 1 atom stereocenters. The molecule has 3 aromatic rings. The summed E-state index contributed by atoms with van der Waals surface area (Å²) in [6, 6.07) is 19.6. The molecule has 0 fully saturated rings. The molecule has 0 bridgehead atoms. The van der Waals surface area contributed by atoms with Crippen molar-refractivity contribution in [2.45, 2.75) is 32.9 Å². The van der Waals surface area contributed by atoms with Crippen LogP contribution in [0.2, 0.25) is 5.02 Å². The highest BCUT2D eigenvalue weighted by Crippen LogP contribution is 2.33. The molecule has 3 aromatic carbocycles. The van der Waals surface area contributed by atoms with E-state index in [0.717, 1.165) is 22.4 Å². The Balaban J connectivity index is 1.38. The predicted octanol–water partition coefficient (Wildman–Crippen LogP) is 5.53. The SMILES string of the molecule is C=CCc1cc(C=NNC(=O)COc2ccccc2[C@@H]2NC(=S)NC(C)=C2C(=O)OCC)ccc1OCc1ccc(Cl)cc1. The van der Waals surface area contributed by atoms with Crippen molar-refractivity contribution < 1.29 is 23.8 Å². The standard InChI is InChI=1S/C33H33ClN4O5S/c1-4-8-24-17-23(13-16-27(24)42-19-22-11-14-25(34)15-12-22)18-35-38-29(39)20-43-28-10-7-6-9-26(28)31-30(32(40)41-5-2)21(3)36-33(44)37-31/h4,6-7,9-18,31H,1,5,8,19-20H2,2-3H3,(H,38,39)(H2,36,37,44)/t31-/m0/s1. The molecule has 0 saturated carbocycles. The predicted molar refractivity (Wildman–Crippen MR) is 175 cm³/mol.